The van der Waals surface area contributed by atoms with Gasteiger partial charge in [0, 0.05) is 12.6 Å². The van der Waals surface area contributed by atoms with Crippen LogP contribution in [0.2, 0.25) is 0 Å². The number of oxazole rings is 1. The van der Waals surface area contributed by atoms with Gasteiger partial charge in [-0.25, -0.2) is 4.98 Å². The number of aromatic nitrogens is 3. The summed E-state index contributed by atoms with van der Waals surface area (Å²) in [6, 6.07) is 9.63. The Balaban J connectivity index is 1.86. The second-order valence-electron chi connectivity index (χ2n) is 4.58. The predicted octanol–water partition coefficient (Wildman–Crippen LogP) is 2.89. The van der Waals surface area contributed by atoms with Gasteiger partial charge in [0.15, 0.2) is 5.89 Å². The Bertz CT molecular complexity index is 809. The molecule has 106 valence electrons. The number of aryl methyl sites for hydroxylation is 1. The number of nitrogens with zero attached hydrogens (tertiary/aromatic N) is 2. The van der Waals surface area contributed by atoms with E-state index in [1.54, 1.807) is 29.3 Å². The van der Waals surface area contributed by atoms with Gasteiger partial charge in [-0.3, -0.25) is 14.6 Å². The van der Waals surface area contributed by atoms with Crippen LogP contribution in [0, 0.1) is 0 Å². The second kappa shape index (κ2) is 5.66. The lowest BCUT2D eigenvalue weighted by atomic mass is 10.3. The Morgan fingerprint density at radius 3 is 2.81 bits per heavy atom. The van der Waals surface area contributed by atoms with Gasteiger partial charge >= 0.3 is 0 Å². The van der Waals surface area contributed by atoms with Gasteiger partial charge in [-0.2, -0.15) is 0 Å². The van der Waals surface area contributed by atoms with E-state index in [4.69, 9.17) is 4.42 Å². The minimum atomic E-state index is -0.144. The summed E-state index contributed by atoms with van der Waals surface area (Å²) in [6.45, 7) is 1.98. The molecule has 0 amide bonds. The van der Waals surface area contributed by atoms with E-state index in [1.165, 1.54) is 0 Å². The Morgan fingerprint density at radius 2 is 2.10 bits per heavy atom. The van der Waals surface area contributed by atoms with Crippen LogP contribution in [0.1, 0.15) is 24.1 Å². The molecule has 1 N–H and O–H groups in total. The highest BCUT2D eigenvalue weighted by atomic mass is 16.3. The highest BCUT2D eigenvalue weighted by Crippen LogP contribution is 2.09. The van der Waals surface area contributed by atoms with Crippen molar-refractivity contribution in [3.05, 3.63) is 70.3 Å². The van der Waals surface area contributed by atoms with Crippen molar-refractivity contribution in [1.29, 1.82) is 0 Å². The van der Waals surface area contributed by atoms with Gasteiger partial charge < -0.3 is 4.42 Å². The minimum absolute atomic E-state index is 0.144. The molecule has 0 aliphatic heterocycles. The SMILES string of the molecule is CCc1nc(C=Cc2cn(-c3ccccc3)[nH]c2=O)co1. The molecule has 0 bridgehead atoms. The van der Waals surface area contributed by atoms with E-state index in [2.05, 4.69) is 10.1 Å². The number of benzene rings is 1. The van der Waals surface area contributed by atoms with E-state index < -0.39 is 0 Å². The molecule has 0 atom stereocenters. The molecule has 0 saturated heterocycles. The molecule has 21 heavy (non-hydrogen) atoms. The van der Waals surface area contributed by atoms with Gasteiger partial charge in [-0.05, 0) is 24.3 Å². The van der Waals surface area contributed by atoms with Crippen LogP contribution in [-0.2, 0) is 6.42 Å². The maximum absolute atomic E-state index is 11.9. The quantitative estimate of drug-likeness (QED) is 0.799. The Hall–Kier alpha value is -2.82. The number of rotatable bonds is 4. The fourth-order valence-corrected chi connectivity index (χ4v) is 1.99. The van der Waals surface area contributed by atoms with E-state index in [0.29, 0.717) is 17.1 Å². The number of aromatic amines is 1. The number of H-pyrrole nitrogens is 1. The molecule has 5 nitrogen and oxygen atoms in total. The third-order valence-corrected chi connectivity index (χ3v) is 3.09. The van der Waals surface area contributed by atoms with Crippen molar-refractivity contribution in [2.24, 2.45) is 0 Å². The molecule has 0 fully saturated rings. The average Bonchev–Trinajstić information content (AvgIpc) is 3.12. The molecule has 0 aliphatic rings. The minimum Gasteiger partial charge on any atom is -0.448 e. The first-order valence-electron chi connectivity index (χ1n) is 6.76. The zero-order valence-corrected chi connectivity index (χ0v) is 11.6. The maximum Gasteiger partial charge on any atom is 0.271 e. The molecule has 3 rings (SSSR count). The van der Waals surface area contributed by atoms with E-state index in [-0.39, 0.29) is 5.56 Å². The summed E-state index contributed by atoms with van der Waals surface area (Å²) in [4.78, 5) is 16.2. The predicted molar refractivity (Wildman–Crippen MR) is 81.2 cm³/mol. The maximum atomic E-state index is 11.9. The number of hydrogen-bond acceptors (Lipinski definition) is 3. The van der Waals surface area contributed by atoms with Crippen molar-refractivity contribution < 1.29 is 4.42 Å². The summed E-state index contributed by atoms with van der Waals surface area (Å²) in [7, 11) is 0. The highest BCUT2D eigenvalue weighted by molar-refractivity contribution is 5.67. The third-order valence-electron chi connectivity index (χ3n) is 3.09. The zero-order chi connectivity index (χ0) is 14.7. The molecule has 0 unspecified atom stereocenters. The standard InChI is InChI=1S/C16H15N3O2/c1-2-15-17-13(11-21-15)9-8-12-10-19(18-16(12)20)14-6-4-3-5-7-14/h3-11H,2H2,1H3,(H,18,20). The van der Waals surface area contributed by atoms with Crippen LogP contribution in [0.25, 0.3) is 17.8 Å². The van der Waals surface area contributed by atoms with E-state index in [1.807, 2.05) is 37.3 Å². The van der Waals surface area contributed by atoms with E-state index >= 15 is 0 Å². The number of para-hydroxylation sites is 1. The van der Waals surface area contributed by atoms with Gasteiger partial charge in [-0.1, -0.05) is 25.1 Å². The third kappa shape index (κ3) is 2.86. The fraction of sp³-hybridized carbons (Fsp3) is 0.125. The summed E-state index contributed by atoms with van der Waals surface area (Å²) < 4.78 is 6.95. The first-order valence-corrected chi connectivity index (χ1v) is 6.76. The molecule has 2 heterocycles. The molecular formula is C16H15N3O2. The average molecular weight is 281 g/mol. The molecule has 1 aromatic carbocycles. The monoisotopic (exact) mass is 281 g/mol. The van der Waals surface area contributed by atoms with Crippen molar-refractivity contribution in [3.63, 3.8) is 0 Å². The molecule has 5 heteroatoms. The molecule has 0 saturated carbocycles. The van der Waals surface area contributed by atoms with Gasteiger partial charge in [0.25, 0.3) is 5.56 Å². The van der Waals surface area contributed by atoms with E-state index in [9.17, 15) is 4.79 Å². The van der Waals surface area contributed by atoms with Crippen molar-refractivity contribution in [2.75, 3.05) is 0 Å². The van der Waals surface area contributed by atoms with Crippen molar-refractivity contribution in [2.45, 2.75) is 13.3 Å². The van der Waals surface area contributed by atoms with Crippen molar-refractivity contribution >= 4 is 12.2 Å². The van der Waals surface area contributed by atoms with Crippen LogP contribution < -0.4 is 5.56 Å². The van der Waals surface area contributed by atoms with Crippen molar-refractivity contribution in [1.82, 2.24) is 14.8 Å². The van der Waals surface area contributed by atoms with E-state index in [0.717, 1.165) is 12.1 Å². The lowest BCUT2D eigenvalue weighted by molar-refractivity contribution is 0.501. The first kappa shape index (κ1) is 13.2. The highest BCUT2D eigenvalue weighted by Gasteiger charge is 2.03. The molecule has 3 aromatic rings. The molecular weight excluding hydrogens is 266 g/mol. The largest absolute Gasteiger partial charge is 0.448 e. The smallest absolute Gasteiger partial charge is 0.271 e. The van der Waals surface area contributed by atoms with Gasteiger partial charge in [0.05, 0.1) is 11.3 Å². The summed E-state index contributed by atoms with van der Waals surface area (Å²) in [5.74, 6) is 0.686. The van der Waals surface area contributed by atoms with Crippen molar-refractivity contribution in [3.8, 4) is 5.69 Å². The number of hydrogen-bond donors (Lipinski definition) is 1. The summed E-state index contributed by atoms with van der Waals surface area (Å²) in [6.07, 6.45) is 7.59. The molecule has 2 aromatic heterocycles. The molecule has 0 radical (unpaired) electrons. The van der Waals surface area contributed by atoms with Gasteiger partial charge in [0.1, 0.15) is 12.0 Å². The van der Waals surface area contributed by atoms with Gasteiger partial charge in [0.2, 0.25) is 0 Å². The van der Waals surface area contributed by atoms with Crippen LogP contribution in [0.15, 0.2) is 52.0 Å². The van der Waals surface area contributed by atoms with Gasteiger partial charge in [-0.15, -0.1) is 0 Å². The topological polar surface area (TPSA) is 63.8 Å². The lowest BCUT2D eigenvalue weighted by Crippen LogP contribution is -2.04. The van der Waals surface area contributed by atoms with Crippen LogP contribution in [0.5, 0.6) is 0 Å². The Kier molecular flexibility index (Phi) is 3.55. The zero-order valence-electron chi connectivity index (χ0n) is 11.6. The second-order valence-corrected chi connectivity index (χ2v) is 4.58. The Morgan fingerprint density at radius 1 is 1.29 bits per heavy atom. The molecule has 0 aliphatic carbocycles. The molecule has 0 spiro atoms. The normalized spacial score (nSPS) is 11.3. The first-order chi connectivity index (χ1) is 10.3. The summed E-state index contributed by atoms with van der Waals surface area (Å²) in [5.41, 5.74) is 2.04. The van der Waals surface area contributed by atoms with Crippen LogP contribution in [0.4, 0.5) is 0 Å². The Labute approximate surface area is 121 Å². The summed E-state index contributed by atoms with van der Waals surface area (Å²) >= 11 is 0. The van der Waals surface area contributed by atoms with Crippen LogP contribution in [0.3, 0.4) is 0 Å². The number of nitrogens with one attached hydrogen (secondary N) is 1. The summed E-state index contributed by atoms with van der Waals surface area (Å²) in [5, 5.41) is 2.78. The fourth-order valence-electron chi connectivity index (χ4n) is 1.99. The van der Waals surface area contributed by atoms with Crippen LogP contribution >= 0.6 is 0 Å². The van der Waals surface area contributed by atoms with Crippen LogP contribution in [-0.4, -0.2) is 14.8 Å². The lowest BCUT2D eigenvalue weighted by Gasteiger charge is -1.99.